The lowest BCUT2D eigenvalue weighted by Crippen LogP contribution is -1.95. The van der Waals surface area contributed by atoms with Gasteiger partial charge in [0.05, 0.1) is 28.3 Å². The summed E-state index contributed by atoms with van der Waals surface area (Å²) >= 11 is 0. The van der Waals surface area contributed by atoms with Gasteiger partial charge in [-0.1, -0.05) is 54.6 Å². The highest BCUT2D eigenvalue weighted by Crippen LogP contribution is 2.49. The van der Waals surface area contributed by atoms with Crippen LogP contribution in [0, 0.1) is 0 Å². The largest absolute Gasteiger partial charge is 0.309 e. The summed E-state index contributed by atoms with van der Waals surface area (Å²) in [7, 11) is 0. The first-order chi connectivity index (χ1) is 20.4. The van der Waals surface area contributed by atoms with Gasteiger partial charge < -0.3 is 4.57 Å². The first-order valence-corrected chi connectivity index (χ1v) is 13.9. The second-order valence-electron chi connectivity index (χ2n) is 10.9. The van der Waals surface area contributed by atoms with Crippen LogP contribution in [-0.2, 0) is 6.42 Å². The van der Waals surface area contributed by atoms with Gasteiger partial charge in [0, 0.05) is 39.6 Å². The number of pyridine rings is 3. The van der Waals surface area contributed by atoms with Crippen molar-refractivity contribution < 1.29 is 0 Å². The molecule has 0 saturated heterocycles. The van der Waals surface area contributed by atoms with Crippen molar-refractivity contribution in [3.63, 3.8) is 0 Å². The molecule has 5 heteroatoms. The molecule has 41 heavy (non-hydrogen) atoms. The summed E-state index contributed by atoms with van der Waals surface area (Å²) in [6.45, 7) is 0. The summed E-state index contributed by atoms with van der Waals surface area (Å²) in [5, 5.41) is 6.18. The molecule has 1 aliphatic carbocycles. The maximum Gasteiger partial charge on any atom is 0.178 e. The van der Waals surface area contributed by atoms with E-state index >= 15 is 0 Å². The molecular weight excluding hydrogens is 502 g/mol. The van der Waals surface area contributed by atoms with Crippen molar-refractivity contribution >= 4 is 60.3 Å². The Morgan fingerprint density at radius 1 is 0.610 bits per heavy atom. The molecule has 9 aromatic rings. The van der Waals surface area contributed by atoms with E-state index in [-0.39, 0.29) is 0 Å². The van der Waals surface area contributed by atoms with Crippen LogP contribution in [0.5, 0.6) is 0 Å². The highest BCUT2D eigenvalue weighted by molar-refractivity contribution is 6.21. The van der Waals surface area contributed by atoms with Crippen molar-refractivity contribution in [2.24, 2.45) is 0 Å². The zero-order chi connectivity index (χ0) is 26.7. The third kappa shape index (κ3) is 2.63. The molecule has 0 N–H and O–H groups in total. The smallest absolute Gasteiger partial charge is 0.178 e. The van der Waals surface area contributed by atoms with Gasteiger partial charge in [-0.3, -0.25) is 9.38 Å². The van der Waals surface area contributed by atoms with E-state index in [0.717, 1.165) is 28.7 Å². The minimum absolute atomic E-state index is 0.756. The lowest BCUT2D eigenvalue weighted by atomic mass is 9.96. The number of para-hydroxylation sites is 2. The van der Waals surface area contributed by atoms with Crippen molar-refractivity contribution in [1.82, 2.24) is 23.9 Å². The Morgan fingerprint density at radius 2 is 1.49 bits per heavy atom. The van der Waals surface area contributed by atoms with Crippen LogP contribution >= 0.6 is 0 Å². The summed E-state index contributed by atoms with van der Waals surface area (Å²) in [6.07, 6.45) is 6.51. The lowest BCUT2D eigenvalue weighted by molar-refractivity contribution is 1.18. The van der Waals surface area contributed by atoms with Gasteiger partial charge in [-0.25, -0.2) is 9.97 Å². The zero-order valence-electron chi connectivity index (χ0n) is 21.9. The number of nitrogens with zero attached hydrogens (tertiary/aromatic N) is 5. The van der Waals surface area contributed by atoms with E-state index in [4.69, 9.17) is 4.98 Å². The quantitative estimate of drug-likeness (QED) is 0.204. The van der Waals surface area contributed by atoms with Crippen LogP contribution in [0.2, 0.25) is 0 Å². The lowest BCUT2D eigenvalue weighted by Gasteiger charge is -2.12. The van der Waals surface area contributed by atoms with Crippen LogP contribution in [0.15, 0.2) is 116 Å². The summed E-state index contributed by atoms with van der Waals surface area (Å²) < 4.78 is 4.64. The molecule has 0 atom stereocenters. The molecule has 5 nitrogen and oxygen atoms in total. The number of benzene rings is 4. The van der Waals surface area contributed by atoms with Gasteiger partial charge in [-0.05, 0) is 76.5 Å². The fourth-order valence-corrected chi connectivity index (χ4v) is 7.27. The monoisotopic (exact) mass is 523 g/mol. The van der Waals surface area contributed by atoms with Gasteiger partial charge in [-0.15, -0.1) is 0 Å². The van der Waals surface area contributed by atoms with E-state index in [9.17, 15) is 0 Å². The highest BCUT2D eigenvalue weighted by atomic mass is 15.1. The molecule has 5 aromatic heterocycles. The molecule has 0 radical (unpaired) electrons. The highest BCUT2D eigenvalue weighted by Gasteiger charge is 2.28. The third-order valence-electron chi connectivity index (χ3n) is 8.87. The topological polar surface area (TPSA) is 48.0 Å². The van der Waals surface area contributed by atoms with Gasteiger partial charge in [-0.2, -0.15) is 0 Å². The van der Waals surface area contributed by atoms with E-state index < -0.39 is 0 Å². The molecule has 4 aromatic carbocycles. The molecule has 190 valence electrons. The Labute approximate surface area is 234 Å². The molecule has 0 saturated carbocycles. The summed E-state index contributed by atoms with van der Waals surface area (Å²) in [5.41, 5.74) is 12.7. The molecule has 0 aliphatic heterocycles. The van der Waals surface area contributed by atoms with Crippen LogP contribution in [0.4, 0.5) is 0 Å². The number of imidazole rings is 1. The van der Waals surface area contributed by atoms with Crippen molar-refractivity contribution in [3.05, 3.63) is 127 Å². The van der Waals surface area contributed by atoms with E-state index in [1.807, 2.05) is 24.7 Å². The Hall–Kier alpha value is -5.55. The standard InChI is InChI=1S/C36H21N5/c1-2-7-22(8-3-1)40-28-10-5-4-9-26(28)34-29(40)15-12-21-19-27-25(32(21)34)14-13-24-23-16-18-37-20-31(23)41-30-11-6-17-38-35(30)39-36(41)33(24)27/h1-18,20H,19H2. The predicted molar refractivity (Wildman–Crippen MR) is 166 cm³/mol. The van der Waals surface area contributed by atoms with E-state index in [1.54, 1.807) is 0 Å². The molecule has 0 bridgehead atoms. The molecular formula is C36H21N5. The van der Waals surface area contributed by atoms with Crippen LogP contribution in [-0.4, -0.2) is 23.9 Å². The molecule has 0 fully saturated rings. The molecule has 5 heterocycles. The SMILES string of the molecule is c1ccc(-n2c3ccccc3c3c4c(ccc32)Cc2c-4ccc3c4ccncc4n4c5cccnc5nc4c23)cc1. The molecule has 0 amide bonds. The van der Waals surface area contributed by atoms with E-state index in [0.29, 0.717) is 0 Å². The Bertz CT molecular complexity index is 2550. The number of hydrogen-bond donors (Lipinski definition) is 0. The summed E-state index contributed by atoms with van der Waals surface area (Å²) in [4.78, 5) is 14.2. The van der Waals surface area contributed by atoms with Crippen molar-refractivity contribution in [2.45, 2.75) is 6.42 Å². The van der Waals surface area contributed by atoms with Gasteiger partial charge in [0.15, 0.2) is 5.65 Å². The van der Waals surface area contributed by atoms with Crippen LogP contribution in [0.1, 0.15) is 11.1 Å². The zero-order valence-corrected chi connectivity index (χ0v) is 21.9. The Kier molecular flexibility index (Phi) is 3.92. The predicted octanol–water partition coefficient (Wildman–Crippen LogP) is 8.25. The average molecular weight is 524 g/mol. The third-order valence-corrected chi connectivity index (χ3v) is 8.87. The average Bonchev–Trinajstić information content (AvgIpc) is 3.71. The molecule has 0 unspecified atom stereocenters. The minimum atomic E-state index is 0.756. The van der Waals surface area contributed by atoms with Crippen molar-refractivity contribution in [2.75, 3.05) is 0 Å². The second-order valence-corrected chi connectivity index (χ2v) is 10.9. The van der Waals surface area contributed by atoms with Crippen molar-refractivity contribution in [3.8, 4) is 16.8 Å². The Morgan fingerprint density at radius 3 is 2.44 bits per heavy atom. The first kappa shape index (κ1) is 21.3. The summed E-state index contributed by atoms with van der Waals surface area (Å²) in [6, 6.07) is 34.9. The van der Waals surface area contributed by atoms with Crippen LogP contribution in [0.25, 0.3) is 77.1 Å². The molecule has 10 rings (SSSR count). The van der Waals surface area contributed by atoms with E-state index in [1.165, 1.54) is 65.9 Å². The number of rotatable bonds is 1. The number of fused-ring (bicyclic) bond motifs is 16. The Balaban J connectivity index is 1.38. The van der Waals surface area contributed by atoms with Crippen LogP contribution < -0.4 is 0 Å². The maximum atomic E-state index is 5.11. The first-order valence-electron chi connectivity index (χ1n) is 13.9. The molecule has 1 aliphatic rings. The fraction of sp³-hybridized carbons (Fsp3) is 0.0278. The van der Waals surface area contributed by atoms with Crippen molar-refractivity contribution in [1.29, 1.82) is 0 Å². The van der Waals surface area contributed by atoms with Gasteiger partial charge in [0.25, 0.3) is 0 Å². The maximum absolute atomic E-state index is 5.11. The second kappa shape index (κ2) is 7.55. The number of hydrogen-bond acceptors (Lipinski definition) is 3. The van der Waals surface area contributed by atoms with Gasteiger partial charge >= 0.3 is 0 Å². The minimum Gasteiger partial charge on any atom is -0.309 e. The summed E-state index contributed by atoms with van der Waals surface area (Å²) in [5.74, 6) is 0. The normalized spacial score (nSPS) is 12.8. The number of aromatic nitrogens is 5. The fourth-order valence-electron chi connectivity index (χ4n) is 7.27. The van der Waals surface area contributed by atoms with E-state index in [2.05, 4.69) is 110 Å². The van der Waals surface area contributed by atoms with Gasteiger partial charge in [0.1, 0.15) is 5.65 Å². The van der Waals surface area contributed by atoms with Crippen LogP contribution in [0.3, 0.4) is 0 Å². The van der Waals surface area contributed by atoms with Gasteiger partial charge in [0.2, 0.25) is 0 Å². The molecule has 0 spiro atoms.